The SMILES string of the molecule is COCC(=O)N1CCN(c2cc[c]cc2)CC1. The van der Waals surface area contributed by atoms with Crippen molar-refractivity contribution in [1.82, 2.24) is 4.90 Å². The van der Waals surface area contributed by atoms with Crippen LogP contribution in [0.5, 0.6) is 0 Å². The third kappa shape index (κ3) is 2.97. The van der Waals surface area contributed by atoms with E-state index in [4.69, 9.17) is 4.74 Å². The Morgan fingerprint density at radius 1 is 1.29 bits per heavy atom. The van der Waals surface area contributed by atoms with Crippen LogP contribution in [-0.4, -0.2) is 50.7 Å². The van der Waals surface area contributed by atoms with Crippen molar-refractivity contribution < 1.29 is 9.53 Å². The van der Waals surface area contributed by atoms with Crippen LogP contribution in [0.2, 0.25) is 0 Å². The van der Waals surface area contributed by atoms with Gasteiger partial charge in [-0.25, -0.2) is 0 Å². The predicted octanol–water partition coefficient (Wildman–Crippen LogP) is 0.782. The first kappa shape index (κ1) is 11.9. The van der Waals surface area contributed by atoms with E-state index < -0.39 is 0 Å². The van der Waals surface area contributed by atoms with Gasteiger partial charge in [-0.2, -0.15) is 0 Å². The second-order valence-electron chi connectivity index (χ2n) is 4.06. The summed E-state index contributed by atoms with van der Waals surface area (Å²) in [7, 11) is 1.55. The van der Waals surface area contributed by atoms with Gasteiger partial charge in [-0.15, -0.1) is 0 Å². The highest BCUT2D eigenvalue weighted by molar-refractivity contribution is 5.77. The zero-order valence-corrected chi connectivity index (χ0v) is 10.1. The van der Waals surface area contributed by atoms with Gasteiger partial charge in [-0.05, 0) is 18.2 Å². The van der Waals surface area contributed by atoms with Crippen molar-refractivity contribution in [3.63, 3.8) is 0 Å². The second kappa shape index (κ2) is 5.68. The first-order chi connectivity index (χ1) is 8.31. The Labute approximate surface area is 102 Å². The summed E-state index contributed by atoms with van der Waals surface area (Å²) in [6.07, 6.45) is 0. The van der Waals surface area contributed by atoms with Crippen molar-refractivity contribution in [3.05, 3.63) is 30.3 Å². The lowest BCUT2D eigenvalue weighted by molar-refractivity contribution is -0.135. The molecule has 91 valence electrons. The third-order valence-electron chi connectivity index (χ3n) is 2.97. The molecule has 1 saturated heterocycles. The van der Waals surface area contributed by atoms with Gasteiger partial charge >= 0.3 is 0 Å². The van der Waals surface area contributed by atoms with E-state index in [1.807, 2.05) is 29.2 Å². The number of methoxy groups -OCH3 is 1. The molecule has 0 N–H and O–H groups in total. The molecular formula is C13H17N2O2. The topological polar surface area (TPSA) is 32.8 Å². The van der Waals surface area contributed by atoms with Crippen LogP contribution in [0.15, 0.2) is 24.3 Å². The number of anilines is 1. The minimum absolute atomic E-state index is 0.0774. The molecule has 1 amide bonds. The van der Waals surface area contributed by atoms with Crippen molar-refractivity contribution in [3.8, 4) is 0 Å². The van der Waals surface area contributed by atoms with E-state index in [1.165, 1.54) is 5.69 Å². The normalized spacial score (nSPS) is 16.1. The van der Waals surface area contributed by atoms with Crippen LogP contribution in [0, 0.1) is 6.07 Å². The molecule has 0 atom stereocenters. The lowest BCUT2D eigenvalue weighted by Crippen LogP contribution is -2.49. The van der Waals surface area contributed by atoms with E-state index in [0.717, 1.165) is 26.2 Å². The van der Waals surface area contributed by atoms with Crippen molar-refractivity contribution >= 4 is 11.6 Å². The van der Waals surface area contributed by atoms with Gasteiger partial charge in [-0.1, -0.05) is 12.1 Å². The number of hydrogen-bond acceptors (Lipinski definition) is 3. The Morgan fingerprint density at radius 3 is 2.53 bits per heavy atom. The summed E-state index contributed by atoms with van der Waals surface area (Å²) in [5.41, 5.74) is 1.20. The van der Waals surface area contributed by atoms with E-state index >= 15 is 0 Å². The van der Waals surface area contributed by atoms with Crippen molar-refractivity contribution in [2.24, 2.45) is 0 Å². The first-order valence-electron chi connectivity index (χ1n) is 5.79. The van der Waals surface area contributed by atoms with Gasteiger partial charge in [0.05, 0.1) is 0 Å². The molecule has 0 bridgehead atoms. The van der Waals surface area contributed by atoms with Gasteiger partial charge in [0.2, 0.25) is 5.91 Å². The highest BCUT2D eigenvalue weighted by Gasteiger charge is 2.20. The number of ether oxygens (including phenoxy) is 1. The minimum Gasteiger partial charge on any atom is -0.375 e. The molecule has 0 aliphatic carbocycles. The zero-order valence-electron chi connectivity index (χ0n) is 10.1. The number of carbonyl (C=O) groups excluding carboxylic acids is 1. The Kier molecular flexibility index (Phi) is 3.98. The maximum absolute atomic E-state index is 11.6. The van der Waals surface area contributed by atoms with E-state index in [2.05, 4.69) is 11.0 Å². The molecule has 0 saturated carbocycles. The van der Waals surface area contributed by atoms with E-state index in [-0.39, 0.29) is 12.5 Å². The molecule has 0 aromatic heterocycles. The minimum atomic E-state index is 0.0774. The van der Waals surface area contributed by atoms with Crippen LogP contribution in [0.25, 0.3) is 0 Å². The van der Waals surface area contributed by atoms with E-state index in [1.54, 1.807) is 7.11 Å². The Morgan fingerprint density at radius 2 is 1.94 bits per heavy atom. The molecule has 1 aromatic carbocycles. The van der Waals surface area contributed by atoms with Gasteiger partial charge in [0.25, 0.3) is 0 Å². The Hall–Kier alpha value is -1.55. The van der Waals surface area contributed by atoms with Crippen molar-refractivity contribution in [2.45, 2.75) is 0 Å². The average molecular weight is 233 g/mol. The van der Waals surface area contributed by atoms with Crippen LogP contribution in [-0.2, 0) is 9.53 Å². The summed E-state index contributed by atoms with van der Waals surface area (Å²) >= 11 is 0. The molecule has 0 unspecified atom stereocenters. The number of hydrogen-bond donors (Lipinski definition) is 0. The van der Waals surface area contributed by atoms with Gasteiger partial charge in [-0.3, -0.25) is 4.79 Å². The lowest BCUT2D eigenvalue weighted by atomic mass is 10.2. The molecule has 1 aromatic rings. The van der Waals surface area contributed by atoms with Crippen LogP contribution >= 0.6 is 0 Å². The van der Waals surface area contributed by atoms with Gasteiger partial charge in [0.15, 0.2) is 0 Å². The van der Waals surface area contributed by atoms with Crippen LogP contribution in [0.1, 0.15) is 0 Å². The van der Waals surface area contributed by atoms with E-state index in [9.17, 15) is 4.79 Å². The van der Waals surface area contributed by atoms with Crippen molar-refractivity contribution in [2.75, 3.05) is 44.8 Å². The lowest BCUT2D eigenvalue weighted by Gasteiger charge is -2.36. The number of carbonyl (C=O) groups is 1. The van der Waals surface area contributed by atoms with Crippen molar-refractivity contribution in [1.29, 1.82) is 0 Å². The summed E-state index contributed by atoms with van der Waals surface area (Å²) in [5, 5.41) is 0. The molecule has 4 heteroatoms. The van der Waals surface area contributed by atoms with Crippen LogP contribution in [0.4, 0.5) is 5.69 Å². The number of benzene rings is 1. The Balaban J connectivity index is 1.88. The molecule has 0 spiro atoms. The van der Waals surface area contributed by atoms with Crippen LogP contribution < -0.4 is 4.90 Å². The molecule has 1 aliphatic rings. The first-order valence-corrected chi connectivity index (χ1v) is 5.79. The van der Waals surface area contributed by atoms with Gasteiger partial charge < -0.3 is 14.5 Å². The molecule has 1 heterocycles. The summed E-state index contributed by atoms with van der Waals surface area (Å²) in [5.74, 6) is 0.0774. The number of piperazine rings is 1. The number of rotatable bonds is 3. The molecular weight excluding hydrogens is 216 g/mol. The van der Waals surface area contributed by atoms with Crippen LogP contribution in [0.3, 0.4) is 0 Å². The molecule has 1 radical (unpaired) electrons. The largest absolute Gasteiger partial charge is 0.375 e. The molecule has 4 nitrogen and oxygen atoms in total. The maximum atomic E-state index is 11.6. The fourth-order valence-corrected chi connectivity index (χ4v) is 2.02. The fourth-order valence-electron chi connectivity index (χ4n) is 2.02. The maximum Gasteiger partial charge on any atom is 0.248 e. The highest BCUT2D eigenvalue weighted by atomic mass is 16.5. The molecule has 1 aliphatic heterocycles. The third-order valence-corrected chi connectivity index (χ3v) is 2.97. The van der Waals surface area contributed by atoms with Gasteiger partial charge in [0, 0.05) is 39.0 Å². The smallest absolute Gasteiger partial charge is 0.248 e. The number of amides is 1. The monoisotopic (exact) mass is 233 g/mol. The number of nitrogens with zero attached hydrogens (tertiary/aromatic N) is 2. The predicted molar refractivity (Wildman–Crippen MR) is 65.9 cm³/mol. The quantitative estimate of drug-likeness (QED) is 0.773. The van der Waals surface area contributed by atoms with E-state index in [0.29, 0.717) is 0 Å². The van der Waals surface area contributed by atoms with Gasteiger partial charge in [0.1, 0.15) is 6.61 Å². The fraction of sp³-hybridized carbons (Fsp3) is 0.462. The molecule has 2 rings (SSSR count). The standard InChI is InChI=1S/C13H17N2O2/c1-17-11-13(16)15-9-7-14(8-10-15)12-5-3-2-4-6-12/h3-6H,7-11H2,1H3. The second-order valence-corrected chi connectivity index (χ2v) is 4.06. The average Bonchev–Trinajstić information content (AvgIpc) is 2.40. The molecule has 1 fully saturated rings. The highest BCUT2D eigenvalue weighted by Crippen LogP contribution is 2.15. The Bertz CT molecular complexity index is 359. The summed E-state index contributed by atoms with van der Waals surface area (Å²) in [6, 6.07) is 10.9. The summed E-state index contributed by atoms with van der Waals surface area (Å²) in [6.45, 7) is 3.46. The molecule has 17 heavy (non-hydrogen) atoms. The summed E-state index contributed by atoms with van der Waals surface area (Å²) < 4.78 is 4.86. The zero-order chi connectivity index (χ0) is 12.1. The summed E-state index contributed by atoms with van der Waals surface area (Å²) in [4.78, 5) is 15.8.